The van der Waals surface area contributed by atoms with Crippen molar-refractivity contribution in [2.24, 2.45) is 15.0 Å². The van der Waals surface area contributed by atoms with Crippen LogP contribution in [0.2, 0.25) is 0 Å². The summed E-state index contributed by atoms with van der Waals surface area (Å²) in [7, 11) is -3.76. The molecule has 4 rings (SSSR count). The van der Waals surface area contributed by atoms with E-state index in [1.807, 2.05) is 0 Å². The van der Waals surface area contributed by atoms with E-state index in [0.29, 0.717) is 0 Å². The van der Waals surface area contributed by atoms with Gasteiger partial charge in [0.05, 0.1) is 16.7 Å². The average Bonchev–Trinajstić information content (AvgIpc) is 3.16. The zero-order valence-electron chi connectivity index (χ0n) is 12.2. The molecule has 0 radical (unpaired) electrons. The van der Waals surface area contributed by atoms with E-state index < -0.39 is 15.7 Å². The molecule has 7 heteroatoms. The summed E-state index contributed by atoms with van der Waals surface area (Å²) < 4.78 is 39.4. The first kappa shape index (κ1) is 14.6. The summed E-state index contributed by atoms with van der Waals surface area (Å²) in [5.74, 6) is -0.170. The first-order valence-corrected chi connectivity index (χ1v) is 8.57. The van der Waals surface area contributed by atoms with Crippen molar-refractivity contribution in [3.05, 3.63) is 76.6 Å². The normalized spacial score (nSPS) is 16.2. The monoisotopic (exact) mass is 339 g/mol. The second-order valence-electron chi connectivity index (χ2n) is 5.14. The quantitative estimate of drug-likeness (QED) is 0.862. The minimum Gasteiger partial charge on any atom is -0.234 e. The van der Waals surface area contributed by atoms with E-state index in [1.165, 1.54) is 30.5 Å². The highest BCUT2D eigenvalue weighted by molar-refractivity contribution is 7.96. The Kier molecular flexibility index (Phi) is 3.24. The van der Waals surface area contributed by atoms with Crippen LogP contribution in [0.4, 0.5) is 4.39 Å². The summed E-state index contributed by atoms with van der Waals surface area (Å²) in [6.45, 7) is 0. The minimum atomic E-state index is -3.76. The van der Waals surface area contributed by atoms with E-state index >= 15 is 0 Å². The summed E-state index contributed by atoms with van der Waals surface area (Å²) in [5, 5.41) is 0. The van der Waals surface area contributed by atoms with Crippen molar-refractivity contribution in [1.82, 2.24) is 0 Å². The predicted molar refractivity (Wildman–Crippen MR) is 89.5 cm³/mol. The van der Waals surface area contributed by atoms with Crippen LogP contribution in [0.25, 0.3) is 0 Å². The van der Waals surface area contributed by atoms with E-state index in [1.54, 1.807) is 30.3 Å². The number of nitrogens with zero attached hydrogens (tertiary/aromatic N) is 3. The molecule has 0 atom stereocenters. The maximum Gasteiger partial charge on any atom is 0.210 e. The maximum atomic E-state index is 13.9. The number of allylic oxidation sites excluding steroid dienone is 1. The van der Waals surface area contributed by atoms with Gasteiger partial charge >= 0.3 is 0 Å². The lowest BCUT2D eigenvalue weighted by atomic mass is 10.2. The molecule has 0 saturated carbocycles. The molecular weight excluding hydrogens is 329 g/mol. The molecular formula is C17H10FN3O2S. The van der Waals surface area contributed by atoms with Crippen LogP contribution in [0.1, 0.15) is 5.56 Å². The molecule has 2 heterocycles. The topological polar surface area (TPSA) is 71.2 Å². The Morgan fingerprint density at radius 1 is 0.833 bits per heavy atom. The molecule has 0 fully saturated rings. The van der Waals surface area contributed by atoms with Crippen LogP contribution < -0.4 is 0 Å². The smallest absolute Gasteiger partial charge is 0.210 e. The van der Waals surface area contributed by atoms with E-state index in [4.69, 9.17) is 0 Å². The molecule has 0 saturated heterocycles. The van der Waals surface area contributed by atoms with Crippen molar-refractivity contribution in [2.45, 2.75) is 4.90 Å². The highest BCUT2D eigenvalue weighted by Gasteiger charge is 2.33. The average molecular weight is 339 g/mol. The molecule has 5 nitrogen and oxygen atoms in total. The second kappa shape index (κ2) is 5.31. The van der Waals surface area contributed by atoms with Crippen molar-refractivity contribution in [1.29, 1.82) is 0 Å². The van der Waals surface area contributed by atoms with Crippen molar-refractivity contribution < 1.29 is 12.8 Å². The highest BCUT2D eigenvalue weighted by atomic mass is 32.2. The van der Waals surface area contributed by atoms with Gasteiger partial charge in [-0.2, -0.15) is 0 Å². The lowest BCUT2D eigenvalue weighted by molar-refractivity contribution is 0.603. The van der Waals surface area contributed by atoms with Gasteiger partial charge in [-0.25, -0.2) is 27.8 Å². The van der Waals surface area contributed by atoms with Gasteiger partial charge < -0.3 is 0 Å². The SMILES string of the molecule is O=S(=O)(C1=C2N=C(c3ccccc3F)N=C2N=C1)c1ccccc1. The molecule has 118 valence electrons. The predicted octanol–water partition coefficient (Wildman–Crippen LogP) is 2.75. The van der Waals surface area contributed by atoms with Crippen molar-refractivity contribution >= 4 is 27.7 Å². The molecule has 24 heavy (non-hydrogen) atoms. The van der Waals surface area contributed by atoms with Crippen LogP contribution in [0.15, 0.2) is 85.1 Å². The summed E-state index contributed by atoms with van der Waals surface area (Å²) >= 11 is 0. The Hall–Kier alpha value is -2.93. The van der Waals surface area contributed by atoms with Gasteiger partial charge in [0.2, 0.25) is 9.84 Å². The second-order valence-corrected chi connectivity index (χ2v) is 7.06. The molecule has 2 aliphatic heterocycles. The van der Waals surface area contributed by atoms with Gasteiger partial charge in [-0.05, 0) is 24.3 Å². The van der Waals surface area contributed by atoms with Gasteiger partial charge in [0.15, 0.2) is 11.7 Å². The summed E-state index contributed by atoms with van der Waals surface area (Å²) in [4.78, 5) is 12.5. The molecule has 0 aliphatic carbocycles. The number of benzene rings is 2. The molecule has 0 amide bonds. The van der Waals surface area contributed by atoms with Gasteiger partial charge in [0.1, 0.15) is 16.4 Å². The third kappa shape index (κ3) is 2.21. The molecule has 2 aromatic carbocycles. The number of hydrogen-bond acceptors (Lipinski definition) is 5. The number of hydrogen-bond donors (Lipinski definition) is 0. The number of rotatable bonds is 3. The van der Waals surface area contributed by atoms with E-state index in [0.717, 1.165) is 0 Å². The van der Waals surface area contributed by atoms with Crippen LogP contribution in [0, 0.1) is 5.82 Å². The number of halogens is 1. The van der Waals surface area contributed by atoms with Gasteiger partial charge in [0.25, 0.3) is 0 Å². The molecule has 0 bridgehead atoms. The van der Waals surface area contributed by atoms with Crippen LogP contribution >= 0.6 is 0 Å². The fourth-order valence-electron chi connectivity index (χ4n) is 2.46. The molecule has 2 aromatic rings. The van der Waals surface area contributed by atoms with Crippen LogP contribution in [-0.2, 0) is 9.84 Å². The largest absolute Gasteiger partial charge is 0.234 e. The van der Waals surface area contributed by atoms with Crippen molar-refractivity contribution in [3.8, 4) is 0 Å². The van der Waals surface area contributed by atoms with Gasteiger partial charge in [-0.1, -0.05) is 30.3 Å². The Balaban J connectivity index is 1.84. The van der Waals surface area contributed by atoms with Crippen LogP contribution in [0.3, 0.4) is 0 Å². The standard InChI is InChI=1S/C17H10FN3O2S/c18-13-9-5-4-8-12(13)16-20-15-14(10-19-17(15)21-16)24(22,23)11-6-2-1-3-7-11/h1-10H. The zero-order valence-corrected chi connectivity index (χ0v) is 13.0. The molecule has 0 unspecified atom stereocenters. The third-order valence-corrected chi connectivity index (χ3v) is 5.41. The summed E-state index contributed by atoms with van der Waals surface area (Å²) in [6.07, 6.45) is 1.23. The van der Waals surface area contributed by atoms with Crippen LogP contribution in [-0.4, -0.2) is 26.3 Å². The lowest BCUT2D eigenvalue weighted by Crippen LogP contribution is -2.07. The minimum absolute atomic E-state index is 0.0289. The van der Waals surface area contributed by atoms with Gasteiger partial charge in [0, 0.05) is 0 Å². The van der Waals surface area contributed by atoms with E-state index in [2.05, 4.69) is 15.0 Å². The molecule has 2 aliphatic rings. The maximum absolute atomic E-state index is 13.9. The van der Waals surface area contributed by atoms with Crippen molar-refractivity contribution in [2.75, 3.05) is 0 Å². The summed E-state index contributed by atoms with van der Waals surface area (Å²) in [6, 6.07) is 14.1. The molecule has 0 aromatic heterocycles. The Morgan fingerprint density at radius 2 is 1.54 bits per heavy atom. The zero-order chi connectivity index (χ0) is 16.7. The Labute approximate surface area is 137 Å². The Morgan fingerprint density at radius 3 is 2.29 bits per heavy atom. The molecule has 0 N–H and O–H groups in total. The third-order valence-electron chi connectivity index (χ3n) is 3.64. The Bertz CT molecular complexity index is 1070. The van der Waals surface area contributed by atoms with Gasteiger partial charge in [-0.15, -0.1) is 0 Å². The van der Waals surface area contributed by atoms with E-state index in [-0.39, 0.29) is 32.7 Å². The number of aliphatic imine (C=N–C) groups is 3. The number of fused-ring (bicyclic) bond motifs is 1. The first-order chi connectivity index (χ1) is 11.6. The fourth-order valence-corrected chi connectivity index (χ4v) is 3.81. The van der Waals surface area contributed by atoms with Crippen LogP contribution in [0.5, 0.6) is 0 Å². The lowest BCUT2D eigenvalue weighted by Gasteiger charge is -2.03. The van der Waals surface area contributed by atoms with Gasteiger partial charge in [-0.3, -0.25) is 0 Å². The van der Waals surface area contributed by atoms with E-state index in [9.17, 15) is 12.8 Å². The number of amidine groups is 2. The van der Waals surface area contributed by atoms with Crippen molar-refractivity contribution in [3.63, 3.8) is 0 Å². The molecule has 0 spiro atoms. The first-order valence-electron chi connectivity index (χ1n) is 7.08. The highest BCUT2D eigenvalue weighted by Crippen LogP contribution is 2.29. The fraction of sp³-hybridized carbons (Fsp3) is 0. The number of sulfone groups is 1. The summed E-state index contributed by atoms with van der Waals surface area (Å²) in [5.41, 5.74) is 0.357.